The minimum Gasteiger partial charge on any atom is -0.473 e. The largest absolute Gasteiger partial charge is 0.473 e. The molecule has 1 saturated carbocycles. The van der Waals surface area contributed by atoms with Gasteiger partial charge in [0.2, 0.25) is 5.88 Å². The predicted octanol–water partition coefficient (Wildman–Crippen LogP) is 5.59. The number of hydrogen-bond donors (Lipinski definition) is 0. The van der Waals surface area contributed by atoms with E-state index < -0.39 is 0 Å². The molecule has 3 nitrogen and oxygen atoms in total. The second-order valence-electron chi connectivity index (χ2n) is 6.73. The van der Waals surface area contributed by atoms with Gasteiger partial charge in [0.05, 0.1) is 11.7 Å². The first-order valence-corrected chi connectivity index (χ1v) is 9.03. The standard InChI is InChI=1S/C20H28N2O.ClH/c1-3-9-19-14-20(23-15-17-10-5-4-6-11-17)22(21-19)16(2)18-12-7-8-13-18;/h4-6,10-11,14,16,18H,3,7-9,12-13,15H2,1-2H3;1H. The average Bonchev–Trinajstić information content (AvgIpc) is 3.23. The zero-order valence-electron chi connectivity index (χ0n) is 14.8. The number of nitrogens with zero attached hydrogens (tertiary/aromatic N) is 2. The summed E-state index contributed by atoms with van der Waals surface area (Å²) in [5.41, 5.74) is 2.35. The smallest absolute Gasteiger partial charge is 0.212 e. The lowest BCUT2D eigenvalue weighted by Crippen LogP contribution is -2.17. The third-order valence-electron chi connectivity index (χ3n) is 4.96. The third kappa shape index (κ3) is 4.54. The maximum Gasteiger partial charge on any atom is 0.212 e. The molecule has 24 heavy (non-hydrogen) atoms. The van der Waals surface area contributed by atoms with E-state index in [9.17, 15) is 0 Å². The summed E-state index contributed by atoms with van der Waals surface area (Å²) in [6.07, 6.45) is 7.50. The Morgan fingerprint density at radius 1 is 1.21 bits per heavy atom. The minimum atomic E-state index is 0. The minimum absolute atomic E-state index is 0. The van der Waals surface area contributed by atoms with Crippen LogP contribution in [-0.4, -0.2) is 9.78 Å². The van der Waals surface area contributed by atoms with E-state index in [4.69, 9.17) is 9.84 Å². The highest BCUT2D eigenvalue weighted by Crippen LogP contribution is 2.36. The Labute approximate surface area is 151 Å². The van der Waals surface area contributed by atoms with Gasteiger partial charge in [-0.3, -0.25) is 0 Å². The second-order valence-corrected chi connectivity index (χ2v) is 6.73. The lowest BCUT2D eigenvalue weighted by Gasteiger charge is -2.21. The topological polar surface area (TPSA) is 27.1 Å². The molecule has 1 aliphatic carbocycles. The molecule has 1 aromatic carbocycles. The molecule has 1 atom stereocenters. The quantitative estimate of drug-likeness (QED) is 0.652. The van der Waals surface area contributed by atoms with E-state index in [1.54, 1.807) is 0 Å². The number of benzene rings is 1. The van der Waals surface area contributed by atoms with Gasteiger partial charge >= 0.3 is 0 Å². The molecule has 0 N–H and O–H groups in total. The van der Waals surface area contributed by atoms with Crippen LogP contribution in [0.3, 0.4) is 0 Å². The van der Waals surface area contributed by atoms with Gasteiger partial charge in [-0.2, -0.15) is 5.10 Å². The Kier molecular flexibility index (Phi) is 7.16. The van der Waals surface area contributed by atoms with Gasteiger partial charge in [-0.1, -0.05) is 56.5 Å². The lowest BCUT2D eigenvalue weighted by molar-refractivity contribution is 0.238. The van der Waals surface area contributed by atoms with Gasteiger partial charge in [0, 0.05) is 6.07 Å². The highest BCUT2D eigenvalue weighted by molar-refractivity contribution is 5.85. The van der Waals surface area contributed by atoms with Crippen molar-refractivity contribution >= 4 is 12.4 Å². The molecule has 0 aliphatic heterocycles. The molecular formula is C20H29ClN2O. The zero-order valence-corrected chi connectivity index (χ0v) is 15.6. The van der Waals surface area contributed by atoms with Gasteiger partial charge < -0.3 is 4.74 Å². The Hall–Kier alpha value is -1.48. The first-order valence-electron chi connectivity index (χ1n) is 9.03. The summed E-state index contributed by atoms with van der Waals surface area (Å²) >= 11 is 0. The summed E-state index contributed by atoms with van der Waals surface area (Å²) in [6, 6.07) is 12.9. The first-order chi connectivity index (χ1) is 11.3. The monoisotopic (exact) mass is 348 g/mol. The summed E-state index contributed by atoms with van der Waals surface area (Å²) in [5.74, 6) is 1.67. The second kappa shape index (κ2) is 9.12. The molecule has 0 spiro atoms. The fourth-order valence-corrected chi connectivity index (χ4v) is 3.57. The van der Waals surface area contributed by atoms with Gasteiger partial charge in [0.1, 0.15) is 6.61 Å². The molecule has 132 valence electrons. The molecule has 1 aromatic heterocycles. The van der Waals surface area contributed by atoms with Gasteiger partial charge in [0.25, 0.3) is 0 Å². The molecule has 0 amide bonds. The lowest BCUT2D eigenvalue weighted by atomic mass is 10.0. The molecule has 1 heterocycles. The molecular weight excluding hydrogens is 320 g/mol. The van der Waals surface area contributed by atoms with Crippen LogP contribution in [0.1, 0.15) is 63.3 Å². The van der Waals surface area contributed by atoms with E-state index in [0.717, 1.165) is 30.3 Å². The Balaban J connectivity index is 0.00000208. The fourth-order valence-electron chi connectivity index (χ4n) is 3.57. The van der Waals surface area contributed by atoms with Crippen molar-refractivity contribution in [1.82, 2.24) is 9.78 Å². The Morgan fingerprint density at radius 2 is 1.92 bits per heavy atom. The van der Waals surface area contributed by atoms with E-state index in [1.807, 2.05) is 6.07 Å². The number of rotatable bonds is 7. The van der Waals surface area contributed by atoms with Crippen LogP contribution in [0.5, 0.6) is 5.88 Å². The van der Waals surface area contributed by atoms with Crippen molar-refractivity contribution in [2.45, 2.75) is 65.0 Å². The van der Waals surface area contributed by atoms with E-state index in [0.29, 0.717) is 12.6 Å². The fraction of sp³-hybridized carbons (Fsp3) is 0.550. The van der Waals surface area contributed by atoms with Crippen LogP contribution in [0, 0.1) is 5.92 Å². The van der Waals surface area contributed by atoms with Gasteiger partial charge in [-0.25, -0.2) is 4.68 Å². The molecule has 1 unspecified atom stereocenters. The van der Waals surface area contributed by atoms with E-state index in [-0.39, 0.29) is 12.4 Å². The van der Waals surface area contributed by atoms with Crippen molar-refractivity contribution in [2.75, 3.05) is 0 Å². The molecule has 2 aromatic rings. The Morgan fingerprint density at radius 3 is 2.58 bits per heavy atom. The maximum absolute atomic E-state index is 6.13. The van der Waals surface area contributed by atoms with E-state index in [1.165, 1.54) is 31.2 Å². The summed E-state index contributed by atoms with van der Waals surface area (Å²) in [6.45, 7) is 5.10. The van der Waals surface area contributed by atoms with Crippen LogP contribution in [0.25, 0.3) is 0 Å². The number of halogens is 1. The molecule has 0 bridgehead atoms. The molecule has 3 rings (SSSR count). The summed E-state index contributed by atoms with van der Waals surface area (Å²) in [4.78, 5) is 0. The van der Waals surface area contributed by atoms with Gasteiger partial charge in [0.15, 0.2) is 0 Å². The van der Waals surface area contributed by atoms with Crippen molar-refractivity contribution in [3.05, 3.63) is 47.7 Å². The number of ether oxygens (including phenoxy) is 1. The summed E-state index contributed by atoms with van der Waals surface area (Å²) in [7, 11) is 0. The highest BCUT2D eigenvalue weighted by atomic mass is 35.5. The van der Waals surface area contributed by atoms with Crippen molar-refractivity contribution in [3.63, 3.8) is 0 Å². The van der Waals surface area contributed by atoms with Crippen LogP contribution < -0.4 is 4.74 Å². The number of aryl methyl sites for hydroxylation is 1. The van der Waals surface area contributed by atoms with E-state index in [2.05, 4.69) is 48.9 Å². The highest BCUT2D eigenvalue weighted by Gasteiger charge is 2.26. The van der Waals surface area contributed by atoms with Crippen LogP contribution in [0.15, 0.2) is 36.4 Å². The molecule has 4 heteroatoms. The van der Waals surface area contributed by atoms with Crippen molar-refractivity contribution in [1.29, 1.82) is 0 Å². The average molecular weight is 349 g/mol. The summed E-state index contributed by atoms with van der Waals surface area (Å²) < 4.78 is 8.27. The maximum atomic E-state index is 6.13. The molecule has 1 fully saturated rings. The Bertz CT molecular complexity index is 605. The molecule has 1 aliphatic rings. The van der Waals surface area contributed by atoms with Crippen molar-refractivity contribution < 1.29 is 4.74 Å². The third-order valence-corrected chi connectivity index (χ3v) is 4.96. The molecule has 0 saturated heterocycles. The van der Waals surface area contributed by atoms with Gasteiger partial charge in [-0.15, -0.1) is 12.4 Å². The zero-order chi connectivity index (χ0) is 16.1. The summed E-state index contributed by atoms with van der Waals surface area (Å²) in [5, 5.41) is 4.85. The number of aromatic nitrogens is 2. The predicted molar refractivity (Wildman–Crippen MR) is 101 cm³/mol. The molecule has 0 radical (unpaired) electrons. The number of hydrogen-bond acceptors (Lipinski definition) is 2. The van der Waals surface area contributed by atoms with Gasteiger partial charge in [-0.05, 0) is 37.7 Å². The van der Waals surface area contributed by atoms with Crippen molar-refractivity contribution in [3.8, 4) is 5.88 Å². The van der Waals surface area contributed by atoms with Crippen LogP contribution >= 0.6 is 12.4 Å². The van der Waals surface area contributed by atoms with Crippen LogP contribution in [0.2, 0.25) is 0 Å². The first kappa shape index (κ1) is 18.9. The van der Waals surface area contributed by atoms with Crippen LogP contribution in [-0.2, 0) is 13.0 Å². The SMILES string of the molecule is CCCc1cc(OCc2ccccc2)n(C(C)C2CCCC2)n1.Cl. The normalized spacial score (nSPS) is 15.9. The van der Waals surface area contributed by atoms with Crippen LogP contribution in [0.4, 0.5) is 0 Å². The van der Waals surface area contributed by atoms with E-state index >= 15 is 0 Å². The van der Waals surface area contributed by atoms with Crippen molar-refractivity contribution in [2.24, 2.45) is 5.92 Å².